The minimum atomic E-state index is -1.57. The predicted molar refractivity (Wildman–Crippen MR) is 128 cm³/mol. The molecule has 3 aromatic carbocycles. The van der Waals surface area contributed by atoms with Crippen LogP contribution in [0, 0.1) is 36.0 Å². The van der Waals surface area contributed by atoms with E-state index in [0.29, 0.717) is 10.9 Å². The highest BCUT2D eigenvalue weighted by atomic mass is 19.2. The Kier molecular flexibility index (Phi) is 3.84. The number of aryl methyl sites for hydroxylation is 1. The Morgan fingerprint density at radius 3 is 1.74 bits per heavy atom. The topological polar surface area (TPSA) is 79.5 Å². The van der Waals surface area contributed by atoms with Gasteiger partial charge in [-0.3, -0.25) is 0 Å². The highest BCUT2D eigenvalue weighted by molar-refractivity contribution is 6.50. The number of aromatic nitrogens is 2. The lowest BCUT2D eigenvalue weighted by Gasteiger charge is -2.18. The minimum absolute atomic E-state index is 0.0422. The Labute approximate surface area is 208 Å². The molecule has 0 spiro atoms. The summed E-state index contributed by atoms with van der Waals surface area (Å²) in [5, 5.41) is 12.6. The maximum absolute atomic E-state index is 14.7. The first kappa shape index (κ1) is 21.4. The van der Waals surface area contributed by atoms with Crippen molar-refractivity contribution in [3.63, 3.8) is 0 Å². The molecule has 3 aliphatic rings. The van der Waals surface area contributed by atoms with E-state index in [1.54, 1.807) is 6.92 Å². The second-order valence-corrected chi connectivity index (χ2v) is 9.25. The van der Waals surface area contributed by atoms with E-state index in [-0.39, 0.29) is 61.6 Å². The molecule has 2 aromatic heterocycles. The van der Waals surface area contributed by atoms with Gasteiger partial charge in [0.25, 0.3) is 0 Å². The first-order valence-electron chi connectivity index (χ1n) is 11.4. The van der Waals surface area contributed by atoms with Crippen LogP contribution in [-0.2, 0) is 0 Å². The molecule has 0 atom stereocenters. The molecule has 7 nitrogen and oxygen atoms in total. The number of halogens is 5. The van der Waals surface area contributed by atoms with E-state index < -0.39 is 36.3 Å². The van der Waals surface area contributed by atoms with Gasteiger partial charge in [0.2, 0.25) is 0 Å². The van der Waals surface area contributed by atoms with Gasteiger partial charge in [0.05, 0.1) is 0 Å². The zero-order valence-corrected chi connectivity index (χ0v) is 19.1. The molecule has 13 heteroatoms. The highest BCUT2D eigenvalue weighted by Crippen LogP contribution is 2.41. The number of benzene rings is 3. The van der Waals surface area contributed by atoms with E-state index in [1.807, 2.05) is 0 Å². The lowest BCUT2D eigenvalue weighted by molar-refractivity contribution is 0.508. The van der Waals surface area contributed by atoms with Crippen molar-refractivity contribution in [3.8, 4) is 0 Å². The molecule has 8 rings (SSSR count). The maximum Gasteiger partial charge on any atom is 0.560 e. The number of hydrogen-bond acceptors (Lipinski definition) is 5. The van der Waals surface area contributed by atoms with Crippen molar-refractivity contribution in [1.29, 1.82) is 0 Å². The Hall–Kier alpha value is -4.65. The smallest absolute Gasteiger partial charge is 0.413 e. The van der Waals surface area contributed by atoms with E-state index in [4.69, 9.17) is 0 Å². The van der Waals surface area contributed by atoms with Crippen LogP contribution in [-0.4, -0.2) is 32.8 Å². The molecular weight excluding hydrogens is 506 g/mol. The molecule has 3 aliphatic heterocycles. The standard InChI is InChI=1S/C25H10BF5N6O/c1-8-2-11-12(5-15(8)27)22-33-20-9-3-16(28)17(29)4-10(9)21(32-20)34-23-13-6-18(30)19(31)7-14(13)25-35-24(11)36(22)26(38)37(23)25/h2-7,38H,1H3. The third-order valence-corrected chi connectivity index (χ3v) is 7.09. The zero-order valence-electron chi connectivity index (χ0n) is 19.1. The van der Waals surface area contributed by atoms with Crippen molar-refractivity contribution in [2.75, 3.05) is 0 Å². The van der Waals surface area contributed by atoms with Crippen LogP contribution >= 0.6 is 0 Å². The Morgan fingerprint density at radius 2 is 1.08 bits per heavy atom. The van der Waals surface area contributed by atoms with Gasteiger partial charge in [-0.15, -0.1) is 0 Å². The minimum Gasteiger partial charge on any atom is -0.413 e. The normalized spacial score (nSPS) is 14.9. The van der Waals surface area contributed by atoms with Gasteiger partial charge in [0, 0.05) is 32.7 Å². The lowest BCUT2D eigenvalue weighted by Crippen LogP contribution is -2.48. The molecule has 5 heterocycles. The molecule has 5 aromatic rings. The second-order valence-electron chi connectivity index (χ2n) is 9.25. The van der Waals surface area contributed by atoms with E-state index in [2.05, 4.69) is 20.0 Å². The maximum atomic E-state index is 14.7. The number of hydrogen-bond donors (Lipinski definition) is 1. The van der Waals surface area contributed by atoms with Crippen LogP contribution in [0.5, 0.6) is 0 Å². The summed E-state index contributed by atoms with van der Waals surface area (Å²) in [4.78, 5) is 18.1. The van der Waals surface area contributed by atoms with Crippen molar-refractivity contribution in [3.05, 3.63) is 93.2 Å². The van der Waals surface area contributed by atoms with Crippen LogP contribution in [0.2, 0.25) is 0 Å². The molecule has 4 bridgehead atoms. The van der Waals surface area contributed by atoms with Crippen LogP contribution in [0.1, 0.15) is 16.7 Å². The molecule has 0 unspecified atom stereocenters. The largest absolute Gasteiger partial charge is 0.560 e. The molecular formula is C25H10BF5N6O. The van der Waals surface area contributed by atoms with Crippen molar-refractivity contribution in [2.45, 2.75) is 6.92 Å². The monoisotopic (exact) mass is 516 g/mol. The Bertz CT molecular complexity index is 2180. The molecule has 0 radical (unpaired) electrons. The Morgan fingerprint density at radius 1 is 0.579 bits per heavy atom. The summed E-state index contributed by atoms with van der Waals surface area (Å²) in [7, 11) is -1.57. The van der Waals surface area contributed by atoms with Crippen molar-refractivity contribution < 1.29 is 27.0 Å². The second kappa shape index (κ2) is 6.81. The number of amidine groups is 2. The van der Waals surface area contributed by atoms with Gasteiger partial charge in [-0.2, -0.15) is 0 Å². The van der Waals surface area contributed by atoms with Gasteiger partial charge in [0.1, 0.15) is 28.4 Å². The Balaban J connectivity index is 1.66. The van der Waals surface area contributed by atoms with Crippen LogP contribution in [0.3, 0.4) is 0 Å². The van der Waals surface area contributed by atoms with Gasteiger partial charge in [-0.1, -0.05) is 0 Å². The summed E-state index contributed by atoms with van der Waals surface area (Å²) >= 11 is 0. The summed E-state index contributed by atoms with van der Waals surface area (Å²) in [6.07, 6.45) is 0. The van der Waals surface area contributed by atoms with Gasteiger partial charge in [-0.05, 0) is 48.9 Å². The third-order valence-electron chi connectivity index (χ3n) is 7.09. The number of fused-ring (bicyclic) bond motifs is 10. The van der Waals surface area contributed by atoms with E-state index in [1.165, 1.54) is 21.1 Å². The lowest BCUT2D eigenvalue weighted by atomic mass is 10.00. The van der Waals surface area contributed by atoms with E-state index in [0.717, 1.165) is 24.3 Å². The molecule has 38 heavy (non-hydrogen) atoms. The summed E-state index contributed by atoms with van der Waals surface area (Å²) < 4.78 is 74.7. The fourth-order valence-corrected chi connectivity index (χ4v) is 5.31. The summed E-state index contributed by atoms with van der Waals surface area (Å²) in [6, 6.07) is 6.48. The quantitative estimate of drug-likeness (QED) is 0.247. The number of aliphatic imine (C=N–C) groups is 2. The highest BCUT2D eigenvalue weighted by Gasteiger charge is 2.37. The SMILES string of the molecule is Cc1cc2c3n4c(c2cc1F)N=C1N=C(N=c2c5cc(F)c(F)cc5c(n2B4O)=N3)c2cc(F)c(F)cc21. The van der Waals surface area contributed by atoms with Crippen LogP contribution in [0.4, 0.5) is 33.6 Å². The van der Waals surface area contributed by atoms with Gasteiger partial charge >= 0.3 is 7.19 Å². The fourth-order valence-electron chi connectivity index (χ4n) is 5.31. The average Bonchev–Trinajstić information content (AvgIpc) is 3.45. The van der Waals surface area contributed by atoms with E-state index in [9.17, 15) is 27.0 Å². The van der Waals surface area contributed by atoms with Gasteiger partial charge < -0.3 is 14.0 Å². The summed E-state index contributed by atoms with van der Waals surface area (Å²) in [6.45, 7) is 1.56. The average molecular weight is 516 g/mol. The molecule has 184 valence electrons. The zero-order chi connectivity index (χ0) is 26.2. The molecule has 0 saturated heterocycles. The van der Waals surface area contributed by atoms with Crippen LogP contribution < -0.4 is 11.0 Å². The molecule has 0 amide bonds. The van der Waals surface area contributed by atoms with Crippen LogP contribution in [0.15, 0.2) is 56.4 Å². The first-order valence-corrected chi connectivity index (χ1v) is 11.4. The van der Waals surface area contributed by atoms with Crippen molar-refractivity contribution >= 4 is 52.0 Å². The summed E-state index contributed by atoms with van der Waals surface area (Å²) in [5.74, 6) is -5.02. The van der Waals surface area contributed by atoms with Crippen molar-refractivity contribution in [1.82, 2.24) is 8.96 Å². The van der Waals surface area contributed by atoms with Gasteiger partial charge in [-0.25, -0.2) is 41.9 Å². The molecule has 0 fully saturated rings. The fraction of sp³-hybridized carbons (Fsp3) is 0.0400. The van der Waals surface area contributed by atoms with E-state index >= 15 is 0 Å². The molecule has 0 aliphatic carbocycles. The van der Waals surface area contributed by atoms with Gasteiger partial charge in [0.15, 0.2) is 34.9 Å². The number of rotatable bonds is 0. The first-order chi connectivity index (χ1) is 18.2. The van der Waals surface area contributed by atoms with Crippen molar-refractivity contribution in [2.24, 2.45) is 20.0 Å². The predicted octanol–water partition coefficient (Wildman–Crippen LogP) is 3.71. The summed E-state index contributed by atoms with van der Waals surface area (Å²) in [5.41, 5.74) is 0.548. The molecule has 1 N–H and O–H groups in total. The third kappa shape index (κ3) is 2.51. The number of nitrogens with zero attached hydrogens (tertiary/aromatic N) is 6. The van der Waals surface area contributed by atoms with Crippen LogP contribution in [0.25, 0.3) is 21.5 Å². The molecule has 0 saturated carbocycles.